The Morgan fingerprint density at radius 2 is 2.27 bits per heavy atom. The van der Waals surface area contributed by atoms with Crippen LogP contribution in [0.5, 0.6) is 0 Å². The Balaban J connectivity index is 2.32. The molecule has 15 heavy (non-hydrogen) atoms. The maximum Gasteiger partial charge on any atom is 0.338 e. The second-order valence-electron chi connectivity index (χ2n) is 2.56. The number of aromatic nitrogens is 2. The molecule has 2 aromatic heterocycles. The maximum absolute atomic E-state index is 10.8. The van der Waals surface area contributed by atoms with Gasteiger partial charge in [-0.15, -0.1) is 0 Å². The summed E-state index contributed by atoms with van der Waals surface area (Å²) < 4.78 is 4.99. The number of hydrogen-bond acceptors (Lipinski definition) is 5. The molecule has 0 saturated carbocycles. The standard InChI is InChI=1S/C9H6N2O3S/c12-8(13)6-2-1-3-10-7(6)15-9-11-4-5-14-9/h1-5H,(H,12,13). The van der Waals surface area contributed by atoms with E-state index >= 15 is 0 Å². The summed E-state index contributed by atoms with van der Waals surface area (Å²) >= 11 is 1.08. The predicted molar refractivity (Wildman–Crippen MR) is 51.8 cm³/mol. The van der Waals surface area contributed by atoms with Crippen molar-refractivity contribution in [2.24, 2.45) is 0 Å². The van der Waals surface area contributed by atoms with Gasteiger partial charge in [-0.2, -0.15) is 0 Å². The summed E-state index contributed by atoms with van der Waals surface area (Å²) in [4.78, 5) is 18.7. The number of rotatable bonds is 3. The van der Waals surface area contributed by atoms with E-state index in [9.17, 15) is 4.79 Å². The van der Waals surface area contributed by atoms with Gasteiger partial charge in [0.2, 0.25) is 0 Å². The largest absolute Gasteiger partial charge is 0.478 e. The van der Waals surface area contributed by atoms with Crippen LogP contribution in [0, 0.1) is 0 Å². The summed E-state index contributed by atoms with van der Waals surface area (Å²) in [6.07, 6.45) is 4.44. The van der Waals surface area contributed by atoms with Crippen molar-refractivity contribution in [1.82, 2.24) is 9.97 Å². The second-order valence-corrected chi connectivity index (χ2v) is 3.50. The Morgan fingerprint density at radius 1 is 1.40 bits per heavy atom. The lowest BCUT2D eigenvalue weighted by atomic mass is 10.3. The lowest BCUT2D eigenvalue weighted by Crippen LogP contribution is -1.99. The number of nitrogens with zero attached hydrogens (tertiary/aromatic N) is 2. The predicted octanol–water partition coefficient (Wildman–Crippen LogP) is 1.92. The molecule has 0 saturated heterocycles. The van der Waals surface area contributed by atoms with Gasteiger partial charge in [-0.05, 0) is 23.9 Å². The molecular formula is C9H6N2O3S. The monoisotopic (exact) mass is 222 g/mol. The lowest BCUT2D eigenvalue weighted by molar-refractivity contribution is 0.0692. The summed E-state index contributed by atoms with van der Waals surface area (Å²) in [6.45, 7) is 0. The van der Waals surface area contributed by atoms with Crippen molar-refractivity contribution in [2.45, 2.75) is 10.2 Å². The molecule has 0 radical (unpaired) electrons. The molecule has 0 atom stereocenters. The van der Waals surface area contributed by atoms with E-state index in [1.165, 1.54) is 24.7 Å². The van der Waals surface area contributed by atoms with Crippen LogP contribution < -0.4 is 0 Å². The fourth-order valence-corrected chi connectivity index (χ4v) is 1.74. The number of carboxylic acid groups (broad SMARTS) is 1. The Bertz CT molecular complexity index is 470. The highest BCUT2D eigenvalue weighted by Crippen LogP contribution is 2.26. The first-order valence-corrected chi connectivity index (χ1v) is 4.84. The van der Waals surface area contributed by atoms with Crippen LogP contribution in [-0.4, -0.2) is 21.0 Å². The van der Waals surface area contributed by atoms with Crippen molar-refractivity contribution in [1.29, 1.82) is 0 Å². The van der Waals surface area contributed by atoms with Gasteiger partial charge < -0.3 is 9.52 Å². The zero-order valence-electron chi connectivity index (χ0n) is 7.45. The average molecular weight is 222 g/mol. The van der Waals surface area contributed by atoms with Crippen LogP contribution in [0.15, 0.2) is 45.5 Å². The van der Waals surface area contributed by atoms with Gasteiger partial charge in [-0.25, -0.2) is 14.8 Å². The van der Waals surface area contributed by atoms with Gasteiger partial charge >= 0.3 is 5.97 Å². The second kappa shape index (κ2) is 4.14. The summed E-state index contributed by atoms with van der Waals surface area (Å²) in [5.41, 5.74) is 0.140. The first-order valence-electron chi connectivity index (χ1n) is 4.03. The van der Waals surface area contributed by atoms with E-state index in [1.807, 2.05) is 0 Å². The zero-order valence-corrected chi connectivity index (χ0v) is 8.27. The van der Waals surface area contributed by atoms with Crippen LogP contribution in [0.2, 0.25) is 0 Å². The first kappa shape index (κ1) is 9.72. The summed E-state index contributed by atoms with van der Waals surface area (Å²) in [7, 11) is 0. The van der Waals surface area contributed by atoms with Gasteiger partial charge in [0.1, 0.15) is 11.3 Å². The van der Waals surface area contributed by atoms with Crippen molar-refractivity contribution >= 4 is 17.7 Å². The van der Waals surface area contributed by atoms with E-state index in [-0.39, 0.29) is 5.56 Å². The quantitative estimate of drug-likeness (QED) is 0.854. The Morgan fingerprint density at radius 3 is 2.93 bits per heavy atom. The normalized spacial score (nSPS) is 10.1. The van der Waals surface area contributed by atoms with E-state index in [1.54, 1.807) is 6.07 Å². The number of oxazole rings is 1. The number of hydrogen-bond donors (Lipinski definition) is 1. The van der Waals surface area contributed by atoms with E-state index in [4.69, 9.17) is 9.52 Å². The molecule has 0 amide bonds. The Kier molecular flexibility index (Phi) is 2.68. The van der Waals surface area contributed by atoms with E-state index in [0.29, 0.717) is 10.2 Å². The maximum atomic E-state index is 10.8. The highest BCUT2D eigenvalue weighted by molar-refractivity contribution is 7.99. The van der Waals surface area contributed by atoms with Crippen molar-refractivity contribution in [3.63, 3.8) is 0 Å². The van der Waals surface area contributed by atoms with Crippen LogP contribution in [0.1, 0.15) is 10.4 Å². The zero-order chi connectivity index (χ0) is 10.7. The number of pyridine rings is 1. The third-order valence-electron chi connectivity index (χ3n) is 1.60. The molecule has 0 unspecified atom stereocenters. The minimum atomic E-state index is -1.02. The number of carboxylic acids is 1. The van der Waals surface area contributed by atoms with Crippen LogP contribution in [0.3, 0.4) is 0 Å². The molecule has 0 aliphatic heterocycles. The average Bonchev–Trinajstić information content (AvgIpc) is 2.71. The Labute approximate surface area is 89.2 Å². The molecule has 0 aliphatic rings. The fraction of sp³-hybridized carbons (Fsp3) is 0. The SMILES string of the molecule is O=C(O)c1cccnc1Sc1ncco1. The van der Waals surface area contributed by atoms with E-state index in [2.05, 4.69) is 9.97 Å². The molecule has 0 spiro atoms. The highest BCUT2D eigenvalue weighted by atomic mass is 32.2. The van der Waals surface area contributed by atoms with Gasteiger partial charge in [-0.1, -0.05) is 0 Å². The molecule has 5 nitrogen and oxygen atoms in total. The smallest absolute Gasteiger partial charge is 0.338 e. The topological polar surface area (TPSA) is 76.2 Å². The highest BCUT2D eigenvalue weighted by Gasteiger charge is 2.13. The molecule has 76 valence electrons. The van der Waals surface area contributed by atoms with Crippen LogP contribution in [0.4, 0.5) is 0 Å². The molecule has 2 heterocycles. The summed E-state index contributed by atoms with van der Waals surface area (Å²) in [5.74, 6) is -1.02. The molecular weight excluding hydrogens is 216 g/mol. The number of carbonyl (C=O) groups is 1. The minimum Gasteiger partial charge on any atom is -0.478 e. The molecule has 2 rings (SSSR count). The van der Waals surface area contributed by atoms with Gasteiger partial charge in [0, 0.05) is 6.20 Å². The van der Waals surface area contributed by atoms with Gasteiger partial charge in [0.25, 0.3) is 5.22 Å². The first-order chi connectivity index (χ1) is 7.27. The number of aromatic carboxylic acids is 1. The molecule has 0 aliphatic carbocycles. The van der Waals surface area contributed by atoms with Crippen molar-refractivity contribution in [3.05, 3.63) is 36.4 Å². The van der Waals surface area contributed by atoms with Gasteiger partial charge in [0.05, 0.1) is 11.8 Å². The molecule has 0 fully saturated rings. The molecule has 1 N–H and O–H groups in total. The van der Waals surface area contributed by atoms with Crippen LogP contribution in [0.25, 0.3) is 0 Å². The minimum absolute atomic E-state index is 0.140. The molecule has 6 heteroatoms. The van der Waals surface area contributed by atoms with Crippen LogP contribution >= 0.6 is 11.8 Å². The van der Waals surface area contributed by atoms with E-state index in [0.717, 1.165) is 11.8 Å². The Hall–Kier alpha value is -1.82. The van der Waals surface area contributed by atoms with Crippen molar-refractivity contribution in [3.8, 4) is 0 Å². The van der Waals surface area contributed by atoms with Gasteiger partial charge in [-0.3, -0.25) is 0 Å². The van der Waals surface area contributed by atoms with E-state index < -0.39 is 5.97 Å². The van der Waals surface area contributed by atoms with Crippen LogP contribution in [-0.2, 0) is 0 Å². The molecule has 0 bridgehead atoms. The van der Waals surface area contributed by atoms with Gasteiger partial charge in [0.15, 0.2) is 0 Å². The third kappa shape index (κ3) is 2.16. The van der Waals surface area contributed by atoms with Crippen molar-refractivity contribution < 1.29 is 14.3 Å². The molecule has 2 aromatic rings. The molecule has 0 aromatic carbocycles. The summed E-state index contributed by atoms with van der Waals surface area (Å²) in [5, 5.41) is 9.63. The summed E-state index contributed by atoms with van der Waals surface area (Å²) in [6, 6.07) is 3.06. The fourth-order valence-electron chi connectivity index (χ4n) is 0.978. The lowest BCUT2D eigenvalue weighted by Gasteiger charge is -2.00. The van der Waals surface area contributed by atoms with Crippen molar-refractivity contribution in [2.75, 3.05) is 0 Å². The third-order valence-corrected chi connectivity index (χ3v) is 2.49.